The van der Waals surface area contributed by atoms with Gasteiger partial charge in [0.2, 0.25) is 21.8 Å². The lowest BCUT2D eigenvalue weighted by Gasteiger charge is -2.18. The van der Waals surface area contributed by atoms with Crippen LogP contribution in [0.2, 0.25) is 0 Å². The number of carbonyl (C=O) groups excluding carboxylic acids is 2. The van der Waals surface area contributed by atoms with Gasteiger partial charge < -0.3 is 15.0 Å². The minimum absolute atomic E-state index is 0.0860. The second kappa shape index (κ2) is 9.62. The number of ether oxygens (including phenoxy) is 1. The molecule has 2 N–H and O–H groups in total. The number of nitrogens with zero attached hydrogens (tertiary/aromatic N) is 1. The summed E-state index contributed by atoms with van der Waals surface area (Å²) in [4.78, 5) is 27.0. The highest BCUT2D eigenvalue weighted by molar-refractivity contribution is 7.89. The molecular weight excluding hydrogens is 442 g/mol. The van der Waals surface area contributed by atoms with E-state index in [1.54, 1.807) is 17.0 Å². The van der Waals surface area contributed by atoms with E-state index in [9.17, 15) is 18.0 Å². The molecule has 2 heterocycles. The molecule has 2 amide bonds. The second-order valence-electron chi connectivity index (χ2n) is 8.67. The van der Waals surface area contributed by atoms with Crippen LogP contribution >= 0.6 is 0 Å². The van der Waals surface area contributed by atoms with Crippen molar-refractivity contribution in [3.8, 4) is 0 Å². The monoisotopic (exact) mass is 471 g/mol. The number of hydrogen-bond donors (Lipinski definition) is 2. The first-order valence-corrected chi connectivity index (χ1v) is 12.6. The lowest BCUT2D eigenvalue weighted by molar-refractivity contribution is -0.122. The molecule has 2 aromatic carbocycles. The van der Waals surface area contributed by atoms with Crippen molar-refractivity contribution >= 4 is 33.2 Å². The minimum atomic E-state index is -3.65. The lowest BCUT2D eigenvalue weighted by atomic mass is 10.1. The molecule has 0 unspecified atom stereocenters. The first kappa shape index (κ1) is 23.4. The van der Waals surface area contributed by atoms with Crippen LogP contribution in [-0.4, -0.2) is 46.0 Å². The third-order valence-electron chi connectivity index (χ3n) is 6.26. The van der Waals surface area contributed by atoms with Crippen LogP contribution in [0.3, 0.4) is 0 Å². The average Bonchev–Trinajstić information content (AvgIpc) is 3.44. The molecule has 0 radical (unpaired) electrons. The van der Waals surface area contributed by atoms with Gasteiger partial charge in [-0.1, -0.05) is 6.07 Å². The zero-order chi connectivity index (χ0) is 23.6. The van der Waals surface area contributed by atoms with E-state index < -0.39 is 15.9 Å². The molecule has 2 aromatic rings. The van der Waals surface area contributed by atoms with Gasteiger partial charge in [-0.05, 0) is 74.2 Å². The molecular formula is C24H29N3O5S. The Bertz CT molecular complexity index is 1140. The van der Waals surface area contributed by atoms with Gasteiger partial charge in [0.25, 0.3) is 0 Å². The van der Waals surface area contributed by atoms with E-state index >= 15 is 0 Å². The Morgan fingerprint density at radius 3 is 2.55 bits per heavy atom. The summed E-state index contributed by atoms with van der Waals surface area (Å²) in [5, 5.41) is 2.80. The molecule has 2 atom stereocenters. The molecule has 8 nitrogen and oxygen atoms in total. The number of aryl methyl sites for hydroxylation is 2. The van der Waals surface area contributed by atoms with Crippen molar-refractivity contribution < 1.29 is 22.7 Å². The molecule has 4 rings (SSSR count). The van der Waals surface area contributed by atoms with Crippen LogP contribution in [0.15, 0.2) is 47.4 Å². The third kappa shape index (κ3) is 5.43. The van der Waals surface area contributed by atoms with Gasteiger partial charge in [-0.25, -0.2) is 13.1 Å². The number of carbonyl (C=O) groups is 2. The number of rotatable bonds is 7. The number of benzene rings is 2. The summed E-state index contributed by atoms with van der Waals surface area (Å²) >= 11 is 0. The molecule has 0 spiro atoms. The highest BCUT2D eigenvalue weighted by atomic mass is 32.2. The van der Waals surface area contributed by atoms with Gasteiger partial charge in [0.15, 0.2) is 0 Å². The molecule has 0 aliphatic carbocycles. The SMILES string of the molecule is Cc1ccc(N2C[C@H](C(=O)Nc3ccc(S(=O)(=O)NC[C@H]4CCCO4)cc3)CC2=O)cc1C. The smallest absolute Gasteiger partial charge is 0.240 e. The topological polar surface area (TPSA) is 105 Å². The summed E-state index contributed by atoms with van der Waals surface area (Å²) in [5.74, 6) is -0.824. The Hall–Kier alpha value is -2.75. The minimum Gasteiger partial charge on any atom is -0.377 e. The van der Waals surface area contributed by atoms with Gasteiger partial charge in [-0.15, -0.1) is 0 Å². The van der Waals surface area contributed by atoms with Crippen molar-refractivity contribution in [3.63, 3.8) is 0 Å². The number of nitrogens with one attached hydrogen (secondary N) is 2. The highest BCUT2D eigenvalue weighted by Gasteiger charge is 2.35. The van der Waals surface area contributed by atoms with Gasteiger partial charge in [-0.3, -0.25) is 9.59 Å². The average molecular weight is 472 g/mol. The maximum atomic E-state index is 12.8. The van der Waals surface area contributed by atoms with Crippen LogP contribution in [0.1, 0.15) is 30.4 Å². The van der Waals surface area contributed by atoms with E-state index in [-0.39, 0.29) is 35.8 Å². The largest absolute Gasteiger partial charge is 0.377 e. The van der Waals surface area contributed by atoms with E-state index in [0.717, 1.165) is 29.7 Å². The highest BCUT2D eigenvalue weighted by Crippen LogP contribution is 2.28. The summed E-state index contributed by atoms with van der Waals surface area (Å²) in [6, 6.07) is 11.8. The molecule has 0 saturated carbocycles. The van der Waals surface area contributed by atoms with E-state index in [0.29, 0.717) is 18.8 Å². The lowest BCUT2D eigenvalue weighted by Crippen LogP contribution is -2.31. The summed E-state index contributed by atoms with van der Waals surface area (Å²) in [6.07, 6.45) is 1.84. The van der Waals surface area contributed by atoms with Crippen LogP contribution in [0.25, 0.3) is 0 Å². The molecule has 2 aliphatic heterocycles. The van der Waals surface area contributed by atoms with Crippen molar-refractivity contribution in [2.24, 2.45) is 5.92 Å². The van der Waals surface area contributed by atoms with Gasteiger partial charge in [-0.2, -0.15) is 0 Å². The summed E-state index contributed by atoms with van der Waals surface area (Å²) in [5.41, 5.74) is 3.51. The summed E-state index contributed by atoms with van der Waals surface area (Å²) in [6.45, 7) is 5.22. The van der Waals surface area contributed by atoms with E-state index in [2.05, 4.69) is 10.0 Å². The number of anilines is 2. The van der Waals surface area contributed by atoms with Crippen molar-refractivity contribution in [3.05, 3.63) is 53.6 Å². The number of amides is 2. The predicted octanol–water partition coefficient (Wildman–Crippen LogP) is 2.75. The Kier molecular flexibility index (Phi) is 6.83. The molecule has 176 valence electrons. The second-order valence-corrected chi connectivity index (χ2v) is 10.4. The van der Waals surface area contributed by atoms with Crippen molar-refractivity contribution in [1.29, 1.82) is 0 Å². The van der Waals surface area contributed by atoms with Crippen LogP contribution in [0.5, 0.6) is 0 Å². The van der Waals surface area contributed by atoms with Crippen molar-refractivity contribution in [2.75, 3.05) is 29.9 Å². The Labute approximate surface area is 194 Å². The predicted molar refractivity (Wildman–Crippen MR) is 126 cm³/mol. The molecule has 0 bridgehead atoms. The first-order valence-electron chi connectivity index (χ1n) is 11.1. The van der Waals surface area contributed by atoms with Gasteiger partial charge in [0.1, 0.15) is 0 Å². The van der Waals surface area contributed by atoms with Crippen LogP contribution in [0.4, 0.5) is 11.4 Å². The van der Waals surface area contributed by atoms with Crippen molar-refractivity contribution in [1.82, 2.24) is 4.72 Å². The summed E-state index contributed by atoms with van der Waals surface area (Å²) in [7, 11) is -3.65. The van der Waals surface area contributed by atoms with E-state index in [1.165, 1.54) is 12.1 Å². The van der Waals surface area contributed by atoms with Gasteiger partial charge >= 0.3 is 0 Å². The molecule has 2 aliphatic rings. The van der Waals surface area contributed by atoms with Crippen LogP contribution < -0.4 is 14.9 Å². The van der Waals surface area contributed by atoms with Crippen LogP contribution in [-0.2, 0) is 24.3 Å². The Balaban J connectivity index is 1.35. The third-order valence-corrected chi connectivity index (χ3v) is 7.69. The van der Waals surface area contributed by atoms with E-state index in [4.69, 9.17) is 4.74 Å². The molecule has 9 heteroatoms. The normalized spacial score (nSPS) is 20.9. The quantitative estimate of drug-likeness (QED) is 0.646. The van der Waals surface area contributed by atoms with Gasteiger partial charge in [0.05, 0.1) is 16.9 Å². The fourth-order valence-electron chi connectivity index (χ4n) is 4.08. The maximum Gasteiger partial charge on any atom is 0.240 e. The fourth-order valence-corrected chi connectivity index (χ4v) is 5.15. The zero-order valence-electron chi connectivity index (χ0n) is 18.8. The Morgan fingerprint density at radius 1 is 1.12 bits per heavy atom. The molecule has 0 aromatic heterocycles. The number of hydrogen-bond acceptors (Lipinski definition) is 5. The zero-order valence-corrected chi connectivity index (χ0v) is 19.7. The van der Waals surface area contributed by atoms with Crippen LogP contribution in [0, 0.1) is 19.8 Å². The fraction of sp³-hybridized carbons (Fsp3) is 0.417. The standard InChI is InChI=1S/C24H29N3O5S/c1-16-5-8-20(12-17(16)2)27-15-18(13-23(27)28)24(29)26-19-6-9-22(10-7-19)33(30,31)25-14-21-4-3-11-32-21/h5-10,12,18,21,25H,3-4,11,13-15H2,1-2H3,(H,26,29)/t18-,21-/m1/s1. The molecule has 2 fully saturated rings. The Morgan fingerprint density at radius 2 is 1.88 bits per heavy atom. The van der Waals surface area contributed by atoms with Crippen molar-refractivity contribution in [2.45, 2.75) is 44.1 Å². The first-order chi connectivity index (χ1) is 15.7. The maximum absolute atomic E-state index is 12.8. The molecule has 33 heavy (non-hydrogen) atoms. The van der Waals surface area contributed by atoms with E-state index in [1.807, 2.05) is 32.0 Å². The summed E-state index contributed by atoms with van der Waals surface area (Å²) < 4.78 is 33.0. The van der Waals surface area contributed by atoms with Gasteiger partial charge in [0, 0.05) is 37.5 Å². The number of sulfonamides is 1. The molecule has 2 saturated heterocycles.